The van der Waals surface area contributed by atoms with Crippen LogP contribution in [0.25, 0.3) is 0 Å². The van der Waals surface area contributed by atoms with Crippen molar-refractivity contribution in [2.75, 3.05) is 53.3 Å². The number of ether oxygens (including phenoxy) is 1. The van der Waals surface area contributed by atoms with Gasteiger partial charge in [-0.25, -0.2) is 4.98 Å². The summed E-state index contributed by atoms with van der Waals surface area (Å²) in [6.07, 6.45) is 1.75. The van der Waals surface area contributed by atoms with Crippen LogP contribution in [-0.4, -0.2) is 54.6 Å². The van der Waals surface area contributed by atoms with Crippen LogP contribution in [-0.2, 0) is 14.3 Å². The Kier molecular flexibility index (Phi) is 7.70. The van der Waals surface area contributed by atoms with E-state index in [-0.39, 0.29) is 23.3 Å². The van der Waals surface area contributed by atoms with E-state index in [1.165, 1.54) is 11.8 Å². The lowest BCUT2D eigenvalue weighted by atomic mass is 10.3. The third-order valence-corrected chi connectivity index (χ3v) is 5.39. The number of benzene rings is 1. The Bertz CT molecular complexity index is 813. The standard InChI is InChI=1S/C19H21BrN4O3S/c20-14-2-1-3-15(10-14)22-18(25)12-28-13-19(26)23-17-5-4-16(11-21-17)24-6-8-27-9-7-24/h1-5,10-11H,6-9,12-13H2,(H,22,25)(H,21,23,26). The van der Waals surface area contributed by atoms with Crippen molar-refractivity contribution in [3.05, 3.63) is 47.1 Å². The van der Waals surface area contributed by atoms with E-state index in [1.54, 1.807) is 12.3 Å². The van der Waals surface area contributed by atoms with E-state index >= 15 is 0 Å². The van der Waals surface area contributed by atoms with Crippen molar-refractivity contribution in [1.29, 1.82) is 0 Å². The van der Waals surface area contributed by atoms with Gasteiger partial charge in [-0.2, -0.15) is 0 Å². The highest BCUT2D eigenvalue weighted by atomic mass is 79.9. The number of halogens is 1. The maximum Gasteiger partial charge on any atom is 0.235 e. The van der Waals surface area contributed by atoms with Gasteiger partial charge in [0.05, 0.1) is 36.6 Å². The number of aromatic nitrogens is 1. The second-order valence-electron chi connectivity index (χ2n) is 6.10. The van der Waals surface area contributed by atoms with Gasteiger partial charge in [0.2, 0.25) is 11.8 Å². The number of carbonyl (C=O) groups excluding carboxylic acids is 2. The monoisotopic (exact) mass is 464 g/mol. The molecule has 7 nitrogen and oxygen atoms in total. The van der Waals surface area contributed by atoms with Crippen LogP contribution >= 0.6 is 27.7 Å². The van der Waals surface area contributed by atoms with E-state index in [2.05, 4.69) is 36.4 Å². The van der Waals surface area contributed by atoms with Crippen molar-refractivity contribution in [2.45, 2.75) is 0 Å². The Morgan fingerprint density at radius 3 is 2.54 bits per heavy atom. The summed E-state index contributed by atoms with van der Waals surface area (Å²) in [6, 6.07) is 11.1. The number of nitrogens with zero attached hydrogens (tertiary/aromatic N) is 2. The molecule has 0 spiro atoms. The molecule has 0 aliphatic carbocycles. The first-order valence-electron chi connectivity index (χ1n) is 8.82. The van der Waals surface area contributed by atoms with Crippen molar-refractivity contribution >= 4 is 56.7 Å². The predicted molar refractivity (Wildman–Crippen MR) is 116 cm³/mol. The summed E-state index contributed by atoms with van der Waals surface area (Å²) in [7, 11) is 0. The maximum atomic E-state index is 12.0. The molecule has 2 N–H and O–H groups in total. The molecule has 2 aromatic rings. The Morgan fingerprint density at radius 1 is 1.11 bits per heavy atom. The molecular weight excluding hydrogens is 444 g/mol. The molecule has 28 heavy (non-hydrogen) atoms. The molecule has 2 amide bonds. The zero-order valence-electron chi connectivity index (χ0n) is 15.2. The molecule has 0 atom stereocenters. The van der Waals surface area contributed by atoms with Gasteiger partial charge in [0.1, 0.15) is 5.82 Å². The fourth-order valence-electron chi connectivity index (χ4n) is 2.65. The number of rotatable bonds is 7. The smallest absolute Gasteiger partial charge is 0.235 e. The third kappa shape index (κ3) is 6.50. The average Bonchev–Trinajstić information content (AvgIpc) is 2.69. The fourth-order valence-corrected chi connectivity index (χ4v) is 3.66. The summed E-state index contributed by atoms with van der Waals surface area (Å²) in [5.41, 5.74) is 1.73. The van der Waals surface area contributed by atoms with Crippen LogP contribution in [0, 0.1) is 0 Å². The Hall–Kier alpha value is -2.10. The van der Waals surface area contributed by atoms with Crippen LogP contribution in [0.15, 0.2) is 47.1 Å². The first kappa shape index (κ1) is 20.6. The molecule has 1 aliphatic rings. The van der Waals surface area contributed by atoms with Crippen LogP contribution in [0.1, 0.15) is 0 Å². The number of carbonyl (C=O) groups is 2. The van der Waals surface area contributed by atoms with Crippen LogP contribution in [0.5, 0.6) is 0 Å². The molecule has 1 saturated heterocycles. The number of amides is 2. The van der Waals surface area contributed by atoms with Gasteiger partial charge in [0.15, 0.2) is 0 Å². The normalized spacial score (nSPS) is 13.8. The van der Waals surface area contributed by atoms with E-state index in [0.29, 0.717) is 24.7 Å². The Balaban J connectivity index is 1.38. The van der Waals surface area contributed by atoms with Crippen LogP contribution in [0.3, 0.4) is 0 Å². The number of hydrogen-bond acceptors (Lipinski definition) is 6. The van der Waals surface area contributed by atoms with Gasteiger partial charge in [-0.1, -0.05) is 22.0 Å². The van der Waals surface area contributed by atoms with Crippen molar-refractivity contribution in [1.82, 2.24) is 4.98 Å². The molecule has 2 heterocycles. The summed E-state index contributed by atoms with van der Waals surface area (Å²) in [4.78, 5) is 30.5. The average molecular weight is 465 g/mol. The zero-order valence-corrected chi connectivity index (χ0v) is 17.6. The van der Waals surface area contributed by atoms with E-state index in [4.69, 9.17) is 4.74 Å². The first-order valence-corrected chi connectivity index (χ1v) is 10.8. The summed E-state index contributed by atoms with van der Waals surface area (Å²) in [5.74, 6) is 0.541. The highest BCUT2D eigenvalue weighted by Crippen LogP contribution is 2.17. The predicted octanol–water partition coefficient (Wildman–Crippen LogP) is 2.99. The van der Waals surface area contributed by atoms with Crippen LogP contribution in [0.2, 0.25) is 0 Å². The number of morpholine rings is 1. The van der Waals surface area contributed by atoms with Crippen molar-refractivity contribution in [3.8, 4) is 0 Å². The lowest BCUT2D eigenvalue weighted by molar-refractivity contribution is -0.114. The van der Waals surface area contributed by atoms with Crippen molar-refractivity contribution < 1.29 is 14.3 Å². The molecule has 1 fully saturated rings. The molecule has 0 saturated carbocycles. The Labute approximate surface area is 176 Å². The second-order valence-corrected chi connectivity index (χ2v) is 8.00. The molecule has 0 bridgehead atoms. The minimum absolute atomic E-state index is 0.149. The van der Waals surface area contributed by atoms with Gasteiger partial charge >= 0.3 is 0 Å². The number of pyridine rings is 1. The van der Waals surface area contributed by atoms with Gasteiger partial charge in [-0.05, 0) is 30.3 Å². The second kappa shape index (κ2) is 10.4. The fraction of sp³-hybridized carbons (Fsp3) is 0.316. The summed E-state index contributed by atoms with van der Waals surface area (Å²) < 4.78 is 6.23. The molecule has 0 unspecified atom stereocenters. The minimum atomic E-state index is -0.188. The topological polar surface area (TPSA) is 83.6 Å². The van der Waals surface area contributed by atoms with E-state index in [1.807, 2.05) is 30.3 Å². The molecule has 1 aliphatic heterocycles. The van der Waals surface area contributed by atoms with Gasteiger partial charge in [-0.3, -0.25) is 9.59 Å². The Morgan fingerprint density at radius 2 is 1.86 bits per heavy atom. The van der Waals surface area contributed by atoms with Crippen molar-refractivity contribution in [2.24, 2.45) is 0 Å². The number of thioether (sulfide) groups is 1. The maximum absolute atomic E-state index is 12.0. The molecule has 1 aromatic carbocycles. The lowest BCUT2D eigenvalue weighted by Crippen LogP contribution is -2.36. The van der Waals surface area contributed by atoms with Gasteiger partial charge in [0, 0.05) is 23.2 Å². The largest absolute Gasteiger partial charge is 0.378 e. The van der Waals surface area contributed by atoms with E-state index in [0.717, 1.165) is 23.2 Å². The highest BCUT2D eigenvalue weighted by molar-refractivity contribution is 9.10. The minimum Gasteiger partial charge on any atom is -0.378 e. The van der Waals surface area contributed by atoms with Crippen LogP contribution in [0.4, 0.5) is 17.2 Å². The lowest BCUT2D eigenvalue weighted by Gasteiger charge is -2.28. The summed E-state index contributed by atoms with van der Waals surface area (Å²) in [5, 5.41) is 5.55. The molecule has 148 valence electrons. The molecule has 0 radical (unpaired) electrons. The summed E-state index contributed by atoms with van der Waals surface area (Å²) >= 11 is 4.61. The van der Waals surface area contributed by atoms with Crippen molar-refractivity contribution in [3.63, 3.8) is 0 Å². The highest BCUT2D eigenvalue weighted by Gasteiger charge is 2.12. The number of anilines is 3. The quantitative estimate of drug-likeness (QED) is 0.655. The molecule has 9 heteroatoms. The molecule has 1 aromatic heterocycles. The first-order chi connectivity index (χ1) is 13.6. The third-order valence-electron chi connectivity index (χ3n) is 3.97. The van der Waals surface area contributed by atoms with E-state index < -0.39 is 0 Å². The van der Waals surface area contributed by atoms with Gasteiger partial charge in [0.25, 0.3) is 0 Å². The number of hydrogen-bond donors (Lipinski definition) is 2. The number of nitrogens with one attached hydrogen (secondary N) is 2. The zero-order chi connectivity index (χ0) is 19.8. The van der Waals surface area contributed by atoms with Gasteiger partial charge in [-0.15, -0.1) is 11.8 Å². The van der Waals surface area contributed by atoms with Crippen LogP contribution < -0.4 is 15.5 Å². The molecule has 3 rings (SSSR count). The van der Waals surface area contributed by atoms with E-state index in [9.17, 15) is 9.59 Å². The molecular formula is C19H21BrN4O3S. The SMILES string of the molecule is O=C(CSCC(=O)Nc1ccc(N2CCOCC2)cn1)Nc1cccc(Br)c1. The summed E-state index contributed by atoms with van der Waals surface area (Å²) in [6.45, 7) is 3.10. The van der Waals surface area contributed by atoms with Gasteiger partial charge < -0.3 is 20.3 Å².